The van der Waals surface area contributed by atoms with Crippen LogP contribution in [0.25, 0.3) is 0 Å². The van der Waals surface area contributed by atoms with Gasteiger partial charge < -0.3 is 0 Å². The second-order valence-corrected chi connectivity index (χ2v) is 8.00. The van der Waals surface area contributed by atoms with Crippen molar-refractivity contribution < 1.29 is 8.42 Å². The summed E-state index contributed by atoms with van der Waals surface area (Å²) in [5.41, 5.74) is 0.968. The highest BCUT2D eigenvalue weighted by Gasteiger charge is 2.60. The van der Waals surface area contributed by atoms with Crippen LogP contribution in [-0.4, -0.2) is 13.2 Å². The minimum atomic E-state index is -3.33. The predicted octanol–water partition coefficient (Wildman–Crippen LogP) is 3.60. The Morgan fingerprint density at radius 3 is 2.47 bits per heavy atom. The molecule has 0 heterocycles. The Labute approximate surface area is 115 Å². The molecule has 0 unspecified atom stereocenters. The van der Waals surface area contributed by atoms with E-state index < -0.39 is 14.6 Å². The van der Waals surface area contributed by atoms with Gasteiger partial charge in [-0.05, 0) is 49.7 Å². The molecule has 102 valence electrons. The van der Waals surface area contributed by atoms with Gasteiger partial charge >= 0.3 is 0 Å². The molecule has 0 radical (unpaired) electrons. The first-order chi connectivity index (χ1) is 9.04. The highest BCUT2D eigenvalue weighted by atomic mass is 32.2. The van der Waals surface area contributed by atoms with Crippen molar-refractivity contribution in [3.63, 3.8) is 0 Å². The summed E-state index contributed by atoms with van der Waals surface area (Å²) in [6, 6.07) is 8.88. The van der Waals surface area contributed by atoms with Crippen LogP contribution in [0.5, 0.6) is 0 Å². The Kier molecular flexibility index (Phi) is 2.86. The molecule has 2 bridgehead atoms. The molecule has 1 aromatic carbocycles. The standard InChI is InChI=1S/C16H20O2S/c1-3-16(12(2)13-9-10-14(16)11-13)19(17,18)15-7-5-4-6-8-15/h4-8,13-14H,2-3,9-11H2,1H3/t13-,14+,16+/m0/s1. The Morgan fingerprint density at radius 1 is 1.26 bits per heavy atom. The fraction of sp³-hybridized carbons (Fsp3) is 0.500. The summed E-state index contributed by atoms with van der Waals surface area (Å²) in [4.78, 5) is 0.450. The molecule has 2 aliphatic carbocycles. The summed E-state index contributed by atoms with van der Waals surface area (Å²) in [6.45, 7) is 6.17. The smallest absolute Gasteiger partial charge is 0.188 e. The van der Waals surface area contributed by atoms with E-state index in [0.29, 0.717) is 17.2 Å². The zero-order valence-corrected chi connectivity index (χ0v) is 12.1. The average Bonchev–Trinajstić information content (AvgIpc) is 3.00. The third kappa shape index (κ3) is 1.51. The molecular weight excluding hydrogens is 256 g/mol. The highest BCUT2D eigenvalue weighted by Crippen LogP contribution is 2.59. The maximum absolute atomic E-state index is 13.1. The second-order valence-electron chi connectivity index (χ2n) is 5.79. The zero-order valence-electron chi connectivity index (χ0n) is 11.3. The molecule has 2 fully saturated rings. The maximum atomic E-state index is 13.1. The monoisotopic (exact) mass is 276 g/mol. The third-order valence-corrected chi connectivity index (χ3v) is 7.92. The van der Waals surface area contributed by atoms with Gasteiger partial charge in [-0.1, -0.05) is 37.3 Å². The van der Waals surface area contributed by atoms with E-state index in [0.717, 1.165) is 24.8 Å². The van der Waals surface area contributed by atoms with E-state index in [1.807, 2.05) is 13.0 Å². The van der Waals surface area contributed by atoms with Crippen LogP contribution in [0.4, 0.5) is 0 Å². The van der Waals surface area contributed by atoms with Gasteiger partial charge in [0.1, 0.15) is 4.75 Å². The first-order valence-corrected chi connectivity index (χ1v) is 8.51. The van der Waals surface area contributed by atoms with E-state index in [2.05, 4.69) is 6.58 Å². The molecule has 0 saturated heterocycles. The molecule has 0 aromatic heterocycles. The Balaban J connectivity index is 2.16. The van der Waals surface area contributed by atoms with Crippen LogP contribution < -0.4 is 0 Å². The molecular formula is C16H20O2S. The van der Waals surface area contributed by atoms with E-state index in [1.54, 1.807) is 24.3 Å². The summed E-state index contributed by atoms with van der Waals surface area (Å²) in [5, 5.41) is 0. The Morgan fingerprint density at radius 2 is 1.95 bits per heavy atom. The molecule has 0 aliphatic heterocycles. The summed E-state index contributed by atoms with van der Waals surface area (Å²) in [6.07, 6.45) is 3.81. The van der Waals surface area contributed by atoms with Gasteiger partial charge in [0.15, 0.2) is 9.84 Å². The molecule has 0 spiro atoms. The van der Waals surface area contributed by atoms with E-state index in [4.69, 9.17) is 0 Å². The second kappa shape index (κ2) is 4.20. The number of fused-ring (bicyclic) bond motifs is 2. The largest absolute Gasteiger partial charge is 0.223 e. The summed E-state index contributed by atoms with van der Waals surface area (Å²) < 4.78 is 25.5. The average molecular weight is 276 g/mol. The van der Waals surface area contributed by atoms with Crippen LogP contribution in [0.15, 0.2) is 47.4 Å². The van der Waals surface area contributed by atoms with Crippen LogP contribution in [0.3, 0.4) is 0 Å². The summed E-state index contributed by atoms with van der Waals surface area (Å²) >= 11 is 0. The molecule has 2 saturated carbocycles. The van der Waals surface area contributed by atoms with Gasteiger partial charge in [0.05, 0.1) is 4.90 Å². The number of sulfone groups is 1. The van der Waals surface area contributed by atoms with Crippen LogP contribution in [0.2, 0.25) is 0 Å². The predicted molar refractivity (Wildman–Crippen MR) is 76.6 cm³/mol. The topological polar surface area (TPSA) is 34.1 Å². The third-order valence-electron chi connectivity index (χ3n) is 5.19. The van der Waals surface area contributed by atoms with Crippen molar-refractivity contribution in [3.8, 4) is 0 Å². The van der Waals surface area contributed by atoms with Crippen LogP contribution in [-0.2, 0) is 9.84 Å². The molecule has 3 rings (SSSR count). The van der Waals surface area contributed by atoms with Crippen molar-refractivity contribution >= 4 is 9.84 Å². The van der Waals surface area contributed by atoms with Gasteiger partial charge in [0, 0.05) is 0 Å². The maximum Gasteiger partial charge on any atom is 0.188 e. The van der Waals surface area contributed by atoms with E-state index in [-0.39, 0.29) is 5.92 Å². The lowest BCUT2D eigenvalue weighted by Gasteiger charge is -2.38. The highest BCUT2D eigenvalue weighted by molar-refractivity contribution is 7.93. The van der Waals surface area contributed by atoms with E-state index in [9.17, 15) is 8.42 Å². The van der Waals surface area contributed by atoms with Gasteiger partial charge in [-0.3, -0.25) is 0 Å². The molecule has 0 N–H and O–H groups in total. The number of hydrogen-bond acceptors (Lipinski definition) is 2. The summed E-state index contributed by atoms with van der Waals surface area (Å²) in [7, 11) is -3.33. The van der Waals surface area contributed by atoms with Crippen molar-refractivity contribution in [3.05, 3.63) is 42.5 Å². The van der Waals surface area contributed by atoms with Crippen molar-refractivity contribution in [2.24, 2.45) is 11.8 Å². The molecule has 3 heteroatoms. The van der Waals surface area contributed by atoms with Crippen LogP contribution in [0.1, 0.15) is 32.6 Å². The number of benzene rings is 1. The number of rotatable bonds is 3. The van der Waals surface area contributed by atoms with Crippen molar-refractivity contribution in [1.82, 2.24) is 0 Å². The lowest BCUT2D eigenvalue weighted by molar-refractivity contribution is 0.405. The van der Waals surface area contributed by atoms with E-state index in [1.165, 1.54) is 0 Å². The fourth-order valence-electron chi connectivity index (χ4n) is 4.24. The van der Waals surface area contributed by atoms with Crippen molar-refractivity contribution in [2.45, 2.75) is 42.2 Å². The summed E-state index contributed by atoms with van der Waals surface area (Å²) in [5.74, 6) is 0.684. The lowest BCUT2D eigenvalue weighted by atomic mass is 9.82. The molecule has 19 heavy (non-hydrogen) atoms. The first kappa shape index (κ1) is 12.9. The Bertz CT molecular complexity index is 603. The SMILES string of the molecule is C=C1[C@H]2CC[C@H](C2)[C@]1(CC)S(=O)(=O)c1ccccc1. The molecule has 0 amide bonds. The zero-order chi connectivity index (χ0) is 13.7. The molecule has 2 nitrogen and oxygen atoms in total. The van der Waals surface area contributed by atoms with Crippen LogP contribution in [0, 0.1) is 11.8 Å². The van der Waals surface area contributed by atoms with Gasteiger partial charge in [-0.15, -0.1) is 0 Å². The molecule has 3 atom stereocenters. The van der Waals surface area contributed by atoms with Crippen LogP contribution >= 0.6 is 0 Å². The normalized spacial score (nSPS) is 33.8. The Hall–Kier alpha value is -1.09. The van der Waals surface area contributed by atoms with Crippen molar-refractivity contribution in [1.29, 1.82) is 0 Å². The van der Waals surface area contributed by atoms with Gasteiger partial charge in [0.25, 0.3) is 0 Å². The minimum Gasteiger partial charge on any atom is -0.223 e. The van der Waals surface area contributed by atoms with Gasteiger partial charge in [0.2, 0.25) is 0 Å². The minimum absolute atomic E-state index is 0.264. The molecule has 2 aliphatic rings. The molecule has 1 aromatic rings. The fourth-order valence-corrected chi connectivity index (χ4v) is 6.72. The first-order valence-electron chi connectivity index (χ1n) is 7.03. The lowest BCUT2D eigenvalue weighted by Crippen LogP contribution is -2.44. The van der Waals surface area contributed by atoms with Gasteiger partial charge in [-0.25, -0.2) is 8.42 Å². The van der Waals surface area contributed by atoms with Gasteiger partial charge in [-0.2, -0.15) is 0 Å². The van der Waals surface area contributed by atoms with Crippen molar-refractivity contribution in [2.75, 3.05) is 0 Å². The number of hydrogen-bond donors (Lipinski definition) is 0. The van der Waals surface area contributed by atoms with E-state index >= 15 is 0 Å². The quantitative estimate of drug-likeness (QED) is 0.791.